The second-order valence-corrected chi connectivity index (χ2v) is 7.09. The first-order chi connectivity index (χ1) is 12.3. The van der Waals surface area contributed by atoms with Gasteiger partial charge >= 0.3 is 0 Å². The van der Waals surface area contributed by atoms with E-state index in [-0.39, 0.29) is 11.3 Å². The number of benzene rings is 1. The van der Waals surface area contributed by atoms with Gasteiger partial charge in [-0.1, -0.05) is 30.3 Å². The lowest BCUT2D eigenvalue weighted by molar-refractivity contribution is -0.0229. The molecule has 2 saturated heterocycles. The Morgan fingerprint density at radius 2 is 1.92 bits per heavy atom. The average Bonchev–Trinajstić information content (AvgIpc) is 2.69. The van der Waals surface area contributed by atoms with Crippen molar-refractivity contribution in [2.24, 2.45) is 5.41 Å². The smallest absolute Gasteiger partial charge is 0.257 e. The molecule has 2 aliphatic rings. The molecule has 0 N–H and O–H groups in total. The number of ether oxygens (including phenoxy) is 1. The summed E-state index contributed by atoms with van der Waals surface area (Å²) in [7, 11) is 0. The molecule has 1 aromatic carbocycles. The second kappa shape index (κ2) is 6.92. The Balaban J connectivity index is 1.61. The number of hydrogen-bond acceptors (Lipinski definition) is 4. The third-order valence-corrected chi connectivity index (χ3v) is 5.49. The van der Waals surface area contributed by atoms with Gasteiger partial charge in [0.25, 0.3) is 5.91 Å². The number of hydrogen-bond donors (Lipinski definition) is 0. The Bertz CT molecular complexity index is 736. The molecule has 0 atom stereocenters. The maximum absolute atomic E-state index is 13.2. The van der Waals surface area contributed by atoms with Crippen molar-refractivity contribution < 1.29 is 9.53 Å². The van der Waals surface area contributed by atoms with Crippen LogP contribution in [0.25, 0.3) is 11.3 Å². The molecule has 2 fully saturated rings. The fraction of sp³-hybridized carbons (Fsp3) is 0.450. The van der Waals surface area contributed by atoms with Crippen molar-refractivity contribution in [1.29, 1.82) is 0 Å². The van der Waals surface area contributed by atoms with Crippen molar-refractivity contribution in [2.75, 3.05) is 26.3 Å². The minimum Gasteiger partial charge on any atom is -0.381 e. The summed E-state index contributed by atoms with van der Waals surface area (Å²) in [5.41, 5.74) is 2.49. The Morgan fingerprint density at radius 1 is 1.12 bits per heavy atom. The number of carbonyl (C=O) groups excluding carboxylic acids is 1. The van der Waals surface area contributed by atoms with Crippen LogP contribution in [-0.4, -0.2) is 47.1 Å². The zero-order chi connectivity index (χ0) is 17.1. The lowest BCUT2D eigenvalue weighted by Crippen LogP contribution is -2.48. The quantitative estimate of drug-likeness (QED) is 0.844. The highest BCUT2D eigenvalue weighted by molar-refractivity contribution is 5.99. The van der Waals surface area contributed by atoms with E-state index in [2.05, 4.69) is 9.97 Å². The summed E-state index contributed by atoms with van der Waals surface area (Å²) >= 11 is 0. The van der Waals surface area contributed by atoms with Gasteiger partial charge in [0.1, 0.15) is 6.33 Å². The number of aromatic nitrogens is 2. The van der Waals surface area contributed by atoms with Crippen LogP contribution in [-0.2, 0) is 4.74 Å². The van der Waals surface area contributed by atoms with E-state index >= 15 is 0 Å². The third-order valence-electron chi connectivity index (χ3n) is 5.49. The molecule has 5 nitrogen and oxygen atoms in total. The summed E-state index contributed by atoms with van der Waals surface area (Å²) in [6, 6.07) is 9.85. The molecule has 0 bridgehead atoms. The minimum atomic E-state index is 0.0463. The van der Waals surface area contributed by atoms with E-state index < -0.39 is 0 Å². The largest absolute Gasteiger partial charge is 0.381 e. The summed E-state index contributed by atoms with van der Waals surface area (Å²) in [5.74, 6) is 0.0463. The van der Waals surface area contributed by atoms with Crippen LogP contribution in [0.1, 0.15) is 36.0 Å². The van der Waals surface area contributed by atoms with Crippen molar-refractivity contribution >= 4 is 5.91 Å². The molecule has 1 aromatic heterocycles. The van der Waals surface area contributed by atoms with Crippen LogP contribution >= 0.6 is 0 Å². The van der Waals surface area contributed by atoms with E-state index in [4.69, 9.17) is 4.74 Å². The third kappa shape index (κ3) is 3.29. The predicted octanol–water partition coefficient (Wildman–Crippen LogP) is 3.18. The monoisotopic (exact) mass is 337 g/mol. The van der Waals surface area contributed by atoms with Gasteiger partial charge in [0.05, 0.1) is 11.3 Å². The highest BCUT2D eigenvalue weighted by Crippen LogP contribution is 2.39. The van der Waals surface area contributed by atoms with Crippen LogP contribution < -0.4 is 0 Å². The van der Waals surface area contributed by atoms with E-state index in [1.807, 2.05) is 35.2 Å². The molecule has 1 spiro atoms. The van der Waals surface area contributed by atoms with Gasteiger partial charge < -0.3 is 9.64 Å². The number of carbonyl (C=O) groups is 1. The highest BCUT2D eigenvalue weighted by Gasteiger charge is 2.39. The summed E-state index contributed by atoms with van der Waals surface area (Å²) in [4.78, 5) is 23.7. The Morgan fingerprint density at radius 3 is 2.72 bits per heavy atom. The van der Waals surface area contributed by atoms with Gasteiger partial charge in [-0.2, -0.15) is 0 Å². The molecule has 25 heavy (non-hydrogen) atoms. The van der Waals surface area contributed by atoms with Crippen LogP contribution in [0.4, 0.5) is 0 Å². The molecular weight excluding hydrogens is 314 g/mol. The Labute approximate surface area is 148 Å². The normalized spacial score (nSPS) is 19.8. The molecule has 1 amide bonds. The lowest BCUT2D eigenvalue weighted by atomic mass is 9.74. The topological polar surface area (TPSA) is 55.3 Å². The number of likely N-dealkylation sites (tertiary alicyclic amines) is 1. The zero-order valence-corrected chi connectivity index (χ0v) is 14.4. The van der Waals surface area contributed by atoms with Crippen LogP contribution in [0.5, 0.6) is 0 Å². The van der Waals surface area contributed by atoms with Crippen LogP contribution in [0.15, 0.2) is 42.9 Å². The molecular formula is C20H23N3O2. The van der Waals surface area contributed by atoms with Crippen LogP contribution in [0, 0.1) is 5.41 Å². The first-order valence-corrected chi connectivity index (χ1v) is 9.00. The van der Waals surface area contributed by atoms with Gasteiger partial charge in [0.2, 0.25) is 0 Å². The van der Waals surface area contributed by atoms with E-state index in [1.165, 1.54) is 12.7 Å². The van der Waals surface area contributed by atoms with Gasteiger partial charge in [0.15, 0.2) is 0 Å². The fourth-order valence-corrected chi connectivity index (χ4v) is 4.08. The van der Waals surface area contributed by atoms with Crippen molar-refractivity contribution in [2.45, 2.75) is 25.7 Å². The van der Waals surface area contributed by atoms with Crippen LogP contribution in [0.2, 0.25) is 0 Å². The maximum Gasteiger partial charge on any atom is 0.257 e. The van der Waals surface area contributed by atoms with E-state index in [0.717, 1.165) is 51.1 Å². The van der Waals surface area contributed by atoms with E-state index in [0.29, 0.717) is 11.3 Å². The molecule has 0 aliphatic carbocycles. The summed E-state index contributed by atoms with van der Waals surface area (Å²) < 4.78 is 5.53. The van der Waals surface area contributed by atoms with Crippen molar-refractivity contribution in [1.82, 2.24) is 14.9 Å². The first kappa shape index (κ1) is 16.2. The maximum atomic E-state index is 13.2. The molecule has 0 radical (unpaired) electrons. The van der Waals surface area contributed by atoms with E-state index in [9.17, 15) is 4.79 Å². The number of nitrogens with zero attached hydrogens (tertiary/aromatic N) is 3. The second-order valence-electron chi connectivity index (χ2n) is 7.09. The zero-order valence-electron chi connectivity index (χ0n) is 14.4. The Kier molecular flexibility index (Phi) is 4.49. The minimum absolute atomic E-state index is 0.0463. The average molecular weight is 337 g/mol. The summed E-state index contributed by atoms with van der Waals surface area (Å²) in [6.07, 6.45) is 7.51. The van der Waals surface area contributed by atoms with Gasteiger partial charge in [-0.15, -0.1) is 0 Å². The van der Waals surface area contributed by atoms with Crippen molar-refractivity contribution in [3.8, 4) is 11.3 Å². The highest BCUT2D eigenvalue weighted by atomic mass is 16.5. The van der Waals surface area contributed by atoms with Gasteiger partial charge in [-0.25, -0.2) is 9.97 Å². The van der Waals surface area contributed by atoms with Gasteiger partial charge in [0, 0.05) is 38.1 Å². The van der Waals surface area contributed by atoms with Gasteiger partial charge in [-0.05, 0) is 31.1 Å². The van der Waals surface area contributed by atoms with Crippen molar-refractivity contribution in [3.63, 3.8) is 0 Å². The molecule has 2 aromatic rings. The number of piperidine rings is 1. The van der Waals surface area contributed by atoms with E-state index in [1.54, 1.807) is 6.20 Å². The van der Waals surface area contributed by atoms with Gasteiger partial charge in [-0.3, -0.25) is 4.79 Å². The first-order valence-electron chi connectivity index (χ1n) is 9.00. The van der Waals surface area contributed by atoms with Crippen molar-refractivity contribution in [3.05, 3.63) is 48.4 Å². The molecule has 5 heteroatoms. The standard InChI is InChI=1S/C20H23N3O2/c24-19(23-10-4-7-20(14-23)8-11-25-12-9-20)17-13-21-15-22-18(17)16-5-2-1-3-6-16/h1-3,5-6,13,15H,4,7-12,14H2. The fourth-order valence-electron chi connectivity index (χ4n) is 4.08. The molecule has 130 valence electrons. The molecule has 3 heterocycles. The predicted molar refractivity (Wildman–Crippen MR) is 95.1 cm³/mol. The van der Waals surface area contributed by atoms with Crippen LogP contribution in [0.3, 0.4) is 0 Å². The molecule has 0 unspecified atom stereocenters. The molecule has 2 aliphatic heterocycles. The Hall–Kier alpha value is -2.27. The SMILES string of the molecule is O=C(c1cncnc1-c1ccccc1)N1CCCC2(CCOCC2)C1. The summed E-state index contributed by atoms with van der Waals surface area (Å²) in [5, 5.41) is 0. The summed E-state index contributed by atoms with van der Waals surface area (Å²) in [6.45, 7) is 3.25. The molecule has 4 rings (SSSR count). The molecule has 0 saturated carbocycles. The number of rotatable bonds is 2. The lowest BCUT2D eigenvalue weighted by Gasteiger charge is -2.45. The number of amides is 1.